The molecule has 2 N–H and O–H groups in total. The molecule has 3 heterocycles. The van der Waals surface area contributed by atoms with Crippen LogP contribution in [0.3, 0.4) is 0 Å². The molecule has 1 amide bonds. The number of anilines is 1. The summed E-state index contributed by atoms with van der Waals surface area (Å²) in [5.74, 6) is -0.419. The first kappa shape index (κ1) is 19.5. The van der Waals surface area contributed by atoms with Gasteiger partial charge in [0.25, 0.3) is 11.9 Å². The molecule has 152 valence electrons. The van der Waals surface area contributed by atoms with Crippen molar-refractivity contribution in [3.8, 4) is 17.3 Å². The zero-order valence-electron chi connectivity index (χ0n) is 16.2. The number of pyridine rings is 1. The third-order valence-corrected chi connectivity index (χ3v) is 5.17. The van der Waals surface area contributed by atoms with Crippen molar-refractivity contribution in [3.05, 3.63) is 35.4 Å². The second-order valence-electron chi connectivity index (χ2n) is 6.90. The van der Waals surface area contributed by atoms with Gasteiger partial charge in [0.05, 0.1) is 23.3 Å². The lowest BCUT2D eigenvalue weighted by molar-refractivity contribution is -0.138. The summed E-state index contributed by atoms with van der Waals surface area (Å²) in [6.45, 7) is 3.79. The summed E-state index contributed by atoms with van der Waals surface area (Å²) in [6.07, 6.45) is 1.69. The summed E-state index contributed by atoms with van der Waals surface area (Å²) in [7, 11) is 1.36. The first-order chi connectivity index (χ1) is 14.0. The molecule has 0 bridgehead atoms. The van der Waals surface area contributed by atoms with Gasteiger partial charge in [-0.3, -0.25) is 9.63 Å². The second kappa shape index (κ2) is 8.26. The number of rotatable bonds is 6. The standard InChI is InChI=1S/C20H22ClN5O3/c1-12(19(27)25-28-2)29-20-22-16-11-15(21)17(23-18(16)24-20)13-5-7-14(8-6-13)26-9-3-4-10-26/h5-8,11-12H,3-4,9-10H2,1-2H3,(H,25,27)(H,22,23,24). The Bertz CT molecular complexity index is 1010. The molecular weight excluding hydrogens is 394 g/mol. The van der Waals surface area contributed by atoms with Gasteiger partial charge in [0.15, 0.2) is 11.8 Å². The molecule has 1 unspecified atom stereocenters. The van der Waals surface area contributed by atoms with Crippen LogP contribution in [-0.4, -0.2) is 47.2 Å². The molecule has 1 saturated heterocycles. The molecule has 1 aliphatic heterocycles. The van der Waals surface area contributed by atoms with Crippen LogP contribution in [0.4, 0.5) is 5.69 Å². The van der Waals surface area contributed by atoms with Gasteiger partial charge in [-0.25, -0.2) is 10.5 Å². The van der Waals surface area contributed by atoms with Crippen molar-refractivity contribution in [2.24, 2.45) is 0 Å². The van der Waals surface area contributed by atoms with E-state index in [-0.39, 0.29) is 6.01 Å². The molecule has 0 aliphatic carbocycles. The maximum Gasteiger partial charge on any atom is 0.296 e. The fourth-order valence-electron chi connectivity index (χ4n) is 3.36. The SMILES string of the molecule is CONC(=O)C(C)Oc1nc2nc(-c3ccc(N4CCCC4)cc3)c(Cl)cc2[nH]1. The minimum atomic E-state index is -0.788. The predicted octanol–water partition coefficient (Wildman–Crippen LogP) is 3.32. The van der Waals surface area contributed by atoms with Crippen molar-refractivity contribution in [2.75, 3.05) is 25.1 Å². The van der Waals surface area contributed by atoms with Crippen LogP contribution < -0.4 is 15.1 Å². The number of H-pyrrole nitrogens is 1. The zero-order chi connectivity index (χ0) is 20.4. The molecule has 1 aliphatic rings. The zero-order valence-corrected chi connectivity index (χ0v) is 17.0. The first-order valence-corrected chi connectivity index (χ1v) is 9.84. The number of carbonyl (C=O) groups excluding carboxylic acids is 1. The van der Waals surface area contributed by atoms with Gasteiger partial charge in [0.1, 0.15) is 0 Å². The lowest BCUT2D eigenvalue weighted by Crippen LogP contribution is -2.35. The molecule has 2 aromatic heterocycles. The summed E-state index contributed by atoms with van der Waals surface area (Å²) >= 11 is 6.47. The van der Waals surface area contributed by atoms with Crippen molar-refractivity contribution < 1.29 is 14.4 Å². The minimum Gasteiger partial charge on any atom is -0.452 e. The highest BCUT2D eigenvalue weighted by Gasteiger charge is 2.18. The van der Waals surface area contributed by atoms with Crippen LogP contribution >= 0.6 is 11.6 Å². The molecule has 8 nitrogen and oxygen atoms in total. The van der Waals surface area contributed by atoms with Gasteiger partial charge in [-0.15, -0.1) is 0 Å². The van der Waals surface area contributed by atoms with E-state index in [4.69, 9.17) is 16.3 Å². The van der Waals surface area contributed by atoms with E-state index in [1.165, 1.54) is 25.6 Å². The predicted molar refractivity (Wildman–Crippen MR) is 111 cm³/mol. The molecule has 3 aromatic rings. The number of carbonyl (C=O) groups is 1. The number of aromatic amines is 1. The number of hydrogen-bond acceptors (Lipinski definition) is 6. The normalized spacial score (nSPS) is 14.9. The first-order valence-electron chi connectivity index (χ1n) is 9.46. The molecule has 9 heteroatoms. The number of nitrogens with zero attached hydrogens (tertiary/aromatic N) is 3. The monoisotopic (exact) mass is 415 g/mol. The molecule has 0 saturated carbocycles. The number of halogens is 1. The lowest BCUT2D eigenvalue weighted by atomic mass is 10.1. The van der Waals surface area contributed by atoms with E-state index in [1.807, 2.05) is 12.1 Å². The van der Waals surface area contributed by atoms with Gasteiger partial charge in [0, 0.05) is 24.3 Å². The summed E-state index contributed by atoms with van der Waals surface area (Å²) in [5, 5.41) is 0.506. The van der Waals surface area contributed by atoms with Gasteiger partial charge in [-0.1, -0.05) is 23.7 Å². The molecule has 1 atom stereocenters. The summed E-state index contributed by atoms with van der Waals surface area (Å²) in [4.78, 5) is 30.6. The number of nitrogens with one attached hydrogen (secondary N) is 2. The van der Waals surface area contributed by atoms with E-state index in [0.717, 1.165) is 18.7 Å². The third kappa shape index (κ3) is 4.13. The number of imidazole rings is 1. The second-order valence-corrected chi connectivity index (χ2v) is 7.31. The number of hydroxylamine groups is 1. The van der Waals surface area contributed by atoms with Crippen LogP contribution in [0, 0.1) is 0 Å². The van der Waals surface area contributed by atoms with Crippen LogP contribution in [0.1, 0.15) is 19.8 Å². The minimum absolute atomic E-state index is 0.184. The highest BCUT2D eigenvalue weighted by Crippen LogP contribution is 2.31. The third-order valence-electron chi connectivity index (χ3n) is 4.88. The quantitative estimate of drug-likeness (QED) is 0.600. The number of amides is 1. The molecule has 0 spiro atoms. The number of fused-ring (bicyclic) bond motifs is 1. The van der Waals surface area contributed by atoms with Gasteiger partial charge in [-0.2, -0.15) is 4.98 Å². The molecule has 1 aromatic carbocycles. The van der Waals surface area contributed by atoms with E-state index < -0.39 is 12.0 Å². The van der Waals surface area contributed by atoms with Gasteiger partial charge in [0.2, 0.25) is 0 Å². The van der Waals surface area contributed by atoms with Crippen molar-refractivity contribution in [2.45, 2.75) is 25.9 Å². The van der Waals surface area contributed by atoms with Gasteiger partial charge < -0.3 is 14.6 Å². The van der Waals surface area contributed by atoms with Crippen LogP contribution in [-0.2, 0) is 9.63 Å². The molecule has 4 rings (SSSR count). The van der Waals surface area contributed by atoms with Gasteiger partial charge in [-0.05, 0) is 38.0 Å². The summed E-state index contributed by atoms with van der Waals surface area (Å²) in [6, 6.07) is 10.2. The topological polar surface area (TPSA) is 92.4 Å². The Labute approximate surface area is 173 Å². The fourth-order valence-corrected chi connectivity index (χ4v) is 3.62. The average Bonchev–Trinajstić information content (AvgIpc) is 3.37. The van der Waals surface area contributed by atoms with Gasteiger partial charge >= 0.3 is 0 Å². The highest BCUT2D eigenvalue weighted by atomic mass is 35.5. The van der Waals surface area contributed by atoms with Crippen LogP contribution in [0.25, 0.3) is 22.4 Å². The average molecular weight is 416 g/mol. The number of hydrogen-bond donors (Lipinski definition) is 2. The van der Waals surface area contributed by atoms with Crippen molar-refractivity contribution in [3.63, 3.8) is 0 Å². The lowest BCUT2D eigenvalue weighted by Gasteiger charge is -2.17. The van der Waals surface area contributed by atoms with Crippen molar-refractivity contribution >= 4 is 34.4 Å². The number of ether oxygens (including phenoxy) is 1. The molecular formula is C20H22ClN5O3. The smallest absolute Gasteiger partial charge is 0.296 e. The fraction of sp³-hybridized carbons (Fsp3) is 0.350. The largest absolute Gasteiger partial charge is 0.452 e. The van der Waals surface area contributed by atoms with E-state index in [1.54, 1.807) is 13.0 Å². The summed E-state index contributed by atoms with van der Waals surface area (Å²) < 4.78 is 5.52. The van der Waals surface area contributed by atoms with Crippen LogP contribution in [0.2, 0.25) is 5.02 Å². The number of aromatic nitrogens is 3. The van der Waals surface area contributed by atoms with E-state index in [0.29, 0.717) is 21.9 Å². The Morgan fingerprint density at radius 1 is 1.24 bits per heavy atom. The Morgan fingerprint density at radius 2 is 1.97 bits per heavy atom. The Kier molecular flexibility index (Phi) is 5.55. The van der Waals surface area contributed by atoms with E-state index in [9.17, 15) is 4.79 Å². The van der Waals surface area contributed by atoms with Crippen LogP contribution in [0.5, 0.6) is 6.01 Å². The number of benzene rings is 1. The van der Waals surface area contributed by atoms with E-state index in [2.05, 4.69) is 42.3 Å². The maximum absolute atomic E-state index is 11.7. The van der Waals surface area contributed by atoms with E-state index >= 15 is 0 Å². The van der Waals surface area contributed by atoms with Crippen molar-refractivity contribution in [1.29, 1.82) is 0 Å². The summed E-state index contributed by atoms with van der Waals surface area (Å²) in [5.41, 5.74) is 6.08. The molecule has 1 fully saturated rings. The highest BCUT2D eigenvalue weighted by molar-refractivity contribution is 6.33. The Hall–Kier alpha value is -2.84. The maximum atomic E-state index is 11.7. The Morgan fingerprint density at radius 3 is 2.66 bits per heavy atom. The van der Waals surface area contributed by atoms with Crippen LogP contribution in [0.15, 0.2) is 30.3 Å². The van der Waals surface area contributed by atoms with Crippen molar-refractivity contribution in [1.82, 2.24) is 20.4 Å². The molecule has 29 heavy (non-hydrogen) atoms. The Balaban J connectivity index is 1.57. The molecule has 0 radical (unpaired) electrons.